The van der Waals surface area contributed by atoms with E-state index in [-0.39, 0.29) is 5.82 Å². The minimum Gasteiger partial charge on any atom is -0.373 e. The van der Waals surface area contributed by atoms with Crippen molar-refractivity contribution in [2.75, 3.05) is 17.7 Å². The van der Waals surface area contributed by atoms with Gasteiger partial charge in [0.1, 0.15) is 17.5 Å². The Hall–Kier alpha value is -2.10. The van der Waals surface area contributed by atoms with E-state index in [0.717, 1.165) is 17.3 Å². The third-order valence-electron chi connectivity index (χ3n) is 2.12. The second-order valence-corrected chi connectivity index (χ2v) is 3.29. The zero-order chi connectivity index (χ0) is 11.4. The van der Waals surface area contributed by atoms with E-state index in [0.29, 0.717) is 0 Å². The lowest BCUT2D eigenvalue weighted by Gasteiger charge is -2.06. The Kier molecular flexibility index (Phi) is 3.00. The zero-order valence-corrected chi connectivity index (χ0v) is 8.87. The lowest BCUT2D eigenvalue weighted by Crippen LogP contribution is -1.97. The standard InChI is InChI=1S/C12H12FN3/c1-14-11-3-2-4-12(16-11)15-10-7-5-9(13)6-8-10/h2-8H,1H3,(H2,14,15,16). The van der Waals surface area contributed by atoms with Crippen LogP contribution in [-0.4, -0.2) is 12.0 Å². The van der Waals surface area contributed by atoms with Crippen molar-refractivity contribution in [1.29, 1.82) is 0 Å². The molecular formula is C12H12FN3. The molecule has 0 fully saturated rings. The molecule has 2 aromatic rings. The van der Waals surface area contributed by atoms with E-state index in [4.69, 9.17) is 0 Å². The third-order valence-corrected chi connectivity index (χ3v) is 2.12. The zero-order valence-electron chi connectivity index (χ0n) is 8.87. The number of halogens is 1. The fourth-order valence-corrected chi connectivity index (χ4v) is 1.32. The van der Waals surface area contributed by atoms with Crippen molar-refractivity contribution in [3.63, 3.8) is 0 Å². The number of anilines is 3. The fraction of sp³-hybridized carbons (Fsp3) is 0.0833. The lowest BCUT2D eigenvalue weighted by atomic mass is 10.3. The maximum atomic E-state index is 12.7. The maximum Gasteiger partial charge on any atom is 0.132 e. The summed E-state index contributed by atoms with van der Waals surface area (Å²) in [5.74, 6) is 1.26. The van der Waals surface area contributed by atoms with Gasteiger partial charge in [-0.05, 0) is 36.4 Å². The molecule has 2 rings (SSSR count). The Morgan fingerprint density at radius 2 is 1.69 bits per heavy atom. The normalized spacial score (nSPS) is 9.88. The molecule has 82 valence electrons. The highest BCUT2D eigenvalue weighted by molar-refractivity contribution is 5.57. The van der Waals surface area contributed by atoms with Gasteiger partial charge in [-0.25, -0.2) is 9.37 Å². The van der Waals surface area contributed by atoms with Crippen molar-refractivity contribution < 1.29 is 4.39 Å². The quantitative estimate of drug-likeness (QED) is 0.829. The predicted molar refractivity (Wildman–Crippen MR) is 63.5 cm³/mol. The lowest BCUT2D eigenvalue weighted by molar-refractivity contribution is 0.628. The van der Waals surface area contributed by atoms with Crippen LogP contribution in [0.4, 0.5) is 21.7 Å². The SMILES string of the molecule is CNc1cccc(Nc2ccc(F)cc2)n1. The number of benzene rings is 1. The Morgan fingerprint density at radius 3 is 2.38 bits per heavy atom. The second kappa shape index (κ2) is 4.61. The van der Waals surface area contributed by atoms with Crippen LogP contribution < -0.4 is 10.6 Å². The van der Waals surface area contributed by atoms with Crippen LogP contribution in [0.2, 0.25) is 0 Å². The van der Waals surface area contributed by atoms with Crippen LogP contribution in [0.3, 0.4) is 0 Å². The van der Waals surface area contributed by atoms with Crippen LogP contribution in [0.1, 0.15) is 0 Å². The third kappa shape index (κ3) is 2.48. The van der Waals surface area contributed by atoms with E-state index in [9.17, 15) is 4.39 Å². The molecule has 0 aliphatic rings. The van der Waals surface area contributed by atoms with E-state index in [2.05, 4.69) is 15.6 Å². The molecule has 1 heterocycles. The smallest absolute Gasteiger partial charge is 0.132 e. The first-order valence-electron chi connectivity index (χ1n) is 4.95. The van der Waals surface area contributed by atoms with Gasteiger partial charge in [-0.15, -0.1) is 0 Å². The van der Waals surface area contributed by atoms with Crippen molar-refractivity contribution in [2.24, 2.45) is 0 Å². The number of nitrogens with zero attached hydrogens (tertiary/aromatic N) is 1. The monoisotopic (exact) mass is 217 g/mol. The number of hydrogen-bond acceptors (Lipinski definition) is 3. The number of rotatable bonds is 3. The maximum absolute atomic E-state index is 12.7. The highest BCUT2D eigenvalue weighted by atomic mass is 19.1. The summed E-state index contributed by atoms with van der Waals surface area (Å²) in [4.78, 5) is 4.29. The summed E-state index contributed by atoms with van der Waals surface area (Å²) in [5.41, 5.74) is 0.808. The fourth-order valence-electron chi connectivity index (χ4n) is 1.32. The molecule has 0 unspecified atom stereocenters. The summed E-state index contributed by atoms with van der Waals surface area (Å²) < 4.78 is 12.7. The van der Waals surface area contributed by atoms with Crippen LogP contribution in [0.15, 0.2) is 42.5 Å². The molecule has 0 saturated heterocycles. The summed E-state index contributed by atoms with van der Waals surface area (Å²) in [6, 6.07) is 11.8. The van der Waals surface area contributed by atoms with Gasteiger partial charge in [0.2, 0.25) is 0 Å². The second-order valence-electron chi connectivity index (χ2n) is 3.29. The molecule has 2 N–H and O–H groups in total. The first-order valence-corrected chi connectivity index (χ1v) is 4.95. The van der Waals surface area contributed by atoms with Gasteiger partial charge in [0.25, 0.3) is 0 Å². The first-order chi connectivity index (χ1) is 7.78. The van der Waals surface area contributed by atoms with Gasteiger partial charge in [0, 0.05) is 12.7 Å². The van der Waals surface area contributed by atoms with E-state index in [1.54, 1.807) is 12.1 Å². The van der Waals surface area contributed by atoms with Crippen LogP contribution in [0, 0.1) is 5.82 Å². The van der Waals surface area contributed by atoms with Crippen LogP contribution in [-0.2, 0) is 0 Å². The molecular weight excluding hydrogens is 205 g/mol. The topological polar surface area (TPSA) is 37.0 Å². The van der Waals surface area contributed by atoms with Crippen molar-refractivity contribution in [3.05, 3.63) is 48.3 Å². The number of pyridine rings is 1. The van der Waals surface area contributed by atoms with Crippen molar-refractivity contribution in [3.8, 4) is 0 Å². The van der Waals surface area contributed by atoms with Gasteiger partial charge in [-0.1, -0.05) is 6.07 Å². The van der Waals surface area contributed by atoms with Crippen LogP contribution >= 0.6 is 0 Å². The molecule has 0 saturated carbocycles. The number of nitrogens with one attached hydrogen (secondary N) is 2. The molecule has 0 bridgehead atoms. The minimum atomic E-state index is -0.248. The Balaban J connectivity index is 2.16. The summed E-state index contributed by atoms with van der Waals surface area (Å²) in [5, 5.41) is 6.04. The molecule has 0 atom stereocenters. The Morgan fingerprint density at radius 1 is 1.00 bits per heavy atom. The molecule has 16 heavy (non-hydrogen) atoms. The van der Waals surface area contributed by atoms with Crippen molar-refractivity contribution >= 4 is 17.3 Å². The Labute approximate surface area is 93.3 Å². The van der Waals surface area contributed by atoms with Gasteiger partial charge in [0.05, 0.1) is 0 Å². The van der Waals surface area contributed by atoms with E-state index in [1.807, 2.05) is 25.2 Å². The Bertz CT molecular complexity index is 468. The molecule has 1 aromatic carbocycles. The van der Waals surface area contributed by atoms with Gasteiger partial charge in [-0.3, -0.25) is 0 Å². The van der Waals surface area contributed by atoms with Crippen LogP contribution in [0.25, 0.3) is 0 Å². The van der Waals surface area contributed by atoms with Gasteiger partial charge in [-0.2, -0.15) is 0 Å². The van der Waals surface area contributed by atoms with Gasteiger partial charge < -0.3 is 10.6 Å². The largest absolute Gasteiger partial charge is 0.373 e. The van der Waals surface area contributed by atoms with E-state index in [1.165, 1.54) is 12.1 Å². The predicted octanol–water partition coefficient (Wildman–Crippen LogP) is 3.01. The van der Waals surface area contributed by atoms with Gasteiger partial charge >= 0.3 is 0 Å². The molecule has 0 aliphatic carbocycles. The summed E-state index contributed by atoms with van der Waals surface area (Å²) in [7, 11) is 1.81. The average molecular weight is 217 g/mol. The summed E-state index contributed by atoms with van der Waals surface area (Å²) >= 11 is 0. The average Bonchev–Trinajstić information content (AvgIpc) is 2.32. The highest BCUT2D eigenvalue weighted by Gasteiger charge is 1.97. The van der Waals surface area contributed by atoms with Gasteiger partial charge in [0.15, 0.2) is 0 Å². The molecule has 1 aromatic heterocycles. The van der Waals surface area contributed by atoms with Crippen molar-refractivity contribution in [2.45, 2.75) is 0 Å². The molecule has 0 spiro atoms. The summed E-state index contributed by atoms with van der Waals surface area (Å²) in [6.07, 6.45) is 0. The van der Waals surface area contributed by atoms with Crippen LogP contribution in [0.5, 0.6) is 0 Å². The van der Waals surface area contributed by atoms with Crippen molar-refractivity contribution in [1.82, 2.24) is 4.98 Å². The minimum absolute atomic E-state index is 0.248. The number of hydrogen-bond donors (Lipinski definition) is 2. The molecule has 0 amide bonds. The molecule has 3 nitrogen and oxygen atoms in total. The molecule has 0 aliphatic heterocycles. The highest BCUT2D eigenvalue weighted by Crippen LogP contribution is 2.16. The van der Waals surface area contributed by atoms with E-state index < -0.39 is 0 Å². The number of aromatic nitrogens is 1. The summed E-state index contributed by atoms with van der Waals surface area (Å²) in [6.45, 7) is 0. The molecule has 4 heteroatoms. The molecule has 0 radical (unpaired) electrons. The van der Waals surface area contributed by atoms with E-state index >= 15 is 0 Å². The first kappa shape index (κ1) is 10.4.